The molecular weight excluding hydrogens is 401 g/mol. The Hall–Kier alpha value is -1.92. The molecule has 13 heteroatoms. The second-order valence-electron chi connectivity index (χ2n) is 6.42. The maximum absolute atomic E-state index is 13.3. The van der Waals surface area contributed by atoms with Gasteiger partial charge >= 0.3 is 6.18 Å². The summed E-state index contributed by atoms with van der Waals surface area (Å²) in [5, 5.41) is 6.32. The SMILES string of the molecule is CCn1nc(C(F)(F)F)c(CS(=O)(=O)C2=NOC(C)(C)C2)c1OCC(F)F. The number of aromatic nitrogens is 2. The number of sulfone groups is 1. The van der Waals surface area contributed by atoms with E-state index in [0.29, 0.717) is 4.68 Å². The molecule has 0 unspecified atom stereocenters. The van der Waals surface area contributed by atoms with Gasteiger partial charge in [-0.25, -0.2) is 21.9 Å². The summed E-state index contributed by atoms with van der Waals surface area (Å²) < 4.78 is 95.4. The third kappa shape index (κ3) is 4.87. The molecule has 2 heterocycles. The molecule has 0 N–H and O–H groups in total. The Morgan fingerprint density at radius 2 is 1.96 bits per heavy atom. The van der Waals surface area contributed by atoms with Gasteiger partial charge in [-0.15, -0.1) is 0 Å². The van der Waals surface area contributed by atoms with Gasteiger partial charge in [-0.05, 0) is 20.8 Å². The van der Waals surface area contributed by atoms with Crippen molar-refractivity contribution in [2.75, 3.05) is 6.61 Å². The van der Waals surface area contributed by atoms with Gasteiger partial charge in [-0.2, -0.15) is 18.3 Å². The largest absolute Gasteiger partial charge is 0.472 e. The van der Waals surface area contributed by atoms with Crippen molar-refractivity contribution in [2.45, 2.75) is 57.7 Å². The zero-order valence-electron chi connectivity index (χ0n) is 14.7. The van der Waals surface area contributed by atoms with Gasteiger partial charge < -0.3 is 9.57 Å². The van der Waals surface area contributed by atoms with E-state index in [4.69, 9.17) is 9.57 Å². The summed E-state index contributed by atoms with van der Waals surface area (Å²) in [6, 6.07) is 0. The number of alkyl halides is 5. The van der Waals surface area contributed by atoms with Crippen LogP contribution in [0.15, 0.2) is 5.16 Å². The van der Waals surface area contributed by atoms with E-state index < -0.39 is 62.6 Å². The van der Waals surface area contributed by atoms with Gasteiger partial charge in [0, 0.05) is 13.0 Å². The van der Waals surface area contributed by atoms with Crippen LogP contribution in [0.25, 0.3) is 0 Å². The summed E-state index contributed by atoms with van der Waals surface area (Å²) in [4.78, 5) is 4.95. The fourth-order valence-corrected chi connectivity index (χ4v) is 3.93. The molecule has 0 saturated carbocycles. The van der Waals surface area contributed by atoms with E-state index in [1.165, 1.54) is 6.92 Å². The quantitative estimate of drug-likeness (QED) is 0.662. The molecule has 0 amide bonds. The van der Waals surface area contributed by atoms with E-state index in [0.717, 1.165) is 0 Å². The van der Waals surface area contributed by atoms with Crippen LogP contribution in [0.3, 0.4) is 0 Å². The number of halogens is 5. The van der Waals surface area contributed by atoms with Gasteiger partial charge in [-0.1, -0.05) is 5.16 Å². The van der Waals surface area contributed by atoms with Crippen molar-refractivity contribution in [3.63, 3.8) is 0 Å². The van der Waals surface area contributed by atoms with E-state index in [2.05, 4.69) is 10.3 Å². The molecular formula is C14H18F5N3O4S. The highest BCUT2D eigenvalue weighted by Gasteiger charge is 2.43. The summed E-state index contributed by atoms with van der Waals surface area (Å²) >= 11 is 0. The van der Waals surface area contributed by atoms with Crippen molar-refractivity contribution in [3.8, 4) is 5.88 Å². The summed E-state index contributed by atoms with van der Waals surface area (Å²) in [6.07, 6.45) is -8.09. The molecule has 1 aliphatic heterocycles. The Bertz CT molecular complexity index is 831. The molecule has 0 atom stereocenters. The van der Waals surface area contributed by atoms with Gasteiger partial charge in [0.2, 0.25) is 5.88 Å². The number of hydrogen-bond donors (Lipinski definition) is 0. The first-order chi connectivity index (χ1) is 12.3. The summed E-state index contributed by atoms with van der Waals surface area (Å²) in [5.41, 5.74) is -3.26. The number of nitrogens with zero attached hydrogens (tertiary/aromatic N) is 3. The number of ether oxygens (including phenoxy) is 1. The molecule has 27 heavy (non-hydrogen) atoms. The Morgan fingerprint density at radius 1 is 1.33 bits per heavy atom. The van der Waals surface area contributed by atoms with E-state index >= 15 is 0 Å². The predicted octanol–water partition coefficient (Wildman–Crippen LogP) is 2.99. The number of hydrogen-bond acceptors (Lipinski definition) is 6. The Balaban J connectivity index is 2.48. The summed E-state index contributed by atoms with van der Waals surface area (Å²) in [7, 11) is -4.32. The standard InChI is InChI=1S/C14H18F5N3O4S/c1-4-22-12(25-6-9(15)16)8(11(20-22)14(17,18)19)7-27(23,24)10-5-13(2,3)26-21-10/h9H,4-7H2,1-3H3. The monoisotopic (exact) mass is 419 g/mol. The fourth-order valence-electron chi connectivity index (χ4n) is 2.40. The lowest BCUT2D eigenvalue weighted by Crippen LogP contribution is -2.24. The lowest BCUT2D eigenvalue weighted by atomic mass is 10.1. The van der Waals surface area contributed by atoms with E-state index in [-0.39, 0.29) is 13.0 Å². The van der Waals surface area contributed by atoms with E-state index in [1.807, 2.05) is 0 Å². The van der Waals surface area contributed by atoms with Crippen LogP contribution < -0.4 is 4.74 Å². The minimum atomic E-state index is -5.00. The topological polar surface area (TPSA) is 82.8 Å². The molecule has 0 radical (unpaired) electrons. The normalized spacial score (nSPS) is 17.1. The highest BCUT2D eigenvalue weighted by molar-refractivity contribution is 8.05. The second-order valence-corrected chi connectivity index (χ2v) is 8.41. The van der Waals surface area contributed by atoms with Crippen molar-refractivity contribution in [2.24, 2.45) is 5.16 Å². The molecule has 2 rings (SSSR count). The molecule has 154 valence electrons. The average molecular weight is 419 g/mol. The molecule has 0 spiro atoms. The predicted molar refractivity (Wildman–Crippen MR) is 84.2 cm³/mol. The molecule has 1 aromatic rings. The molecule has 1 aliphatic rings. The third-order valence-electron chi connectivity index (χ3n) is 3.58. The van der Waals surface area contributed by atoms with Crippen molar-refractivity contribution >= 4 is 14.9 Å². The lowest BCUT2D eigenvalue weighted by molar-refractivity contribution is -0.142. The van der Waals surface area contributed by atoms with Crippen molar-refractivity contribution in [1.29, 1.82) is 0 Å². The van der Waals surface area contributed by atoms with Gasteiger partial charge in [0.1, 0.15) is 5.60 Å². The first-order valence-electron chi connectivity index (χ1n) is 7.82. The minimum Gasteiger partial charge on any atom is -0.472 e. The van der Waals surface area contributed by atoms with Crippen molar-refractivity contribution in [1.82, 2.24) is 9.78 Å². The number of oxime groups is 1. The fraction of sp³-hybridized carbons (Fsp3) is 0.714. The molecule has 1 aromatic heterocycles. The van der Waals surface area contributed by atoms with Crippen LogP contribution in [0.2, 0.25) is 0 Å². The maximum Gasteiger partial charge on any atom is 0.435 e. The zero-order chi connectivity index (χ0) is 20.6. The summed E-state index contributed by atoms with van der Waals surface area (Å²) in [6.45, 7) is 3.20. The highest BCUT2D eigenvalue weighted by atomic mass is 32.2. The van der Waals surface area contributed by atoms with Crippen LogP contribution in [0.1, 0.15) is 38.4 Å². The second kappa shape index (κ2) is 7.24. The molecule has 0 saturated heterocycles. The van der Waals surface area contributed by atoms with Crippen LogP contribution in [0, 0.1) is 0 Å². The number of aryl methyl sites for hydroxylation is 1. The molecule has 0 aliphatic carbocycles. The van der Waals surface area contributed by atoms with Crippen LogP contribution >= 0.6 is 0 Å². The molecule has 0 fully saturated rings. The zero-order valence-corrected chi connectivity index (χ0v) is 15.5. The van der Waals surface area contributed by atoms with Gasteiger partial charge in [0.05, 0.1) is 11.3 Å². The van der Waals surface area contributed by atoms with Crippen LogP contribution in [0.4, 0.5) is 22.0 Å². The van der Waals surface area contributed by atoms with Crippen LogP contribution in [-0.4, -0.2) is 41.9 Å². The van der Waals surface area contributed by atoms with E-state index in [9.17, 15) is 30.4 Å². The van der Waals surface area contributed by atoms with Crippen LogP contribution in [0.5, 0.6) is 5.88 Å². The Labute approximate surface area is 152 Å². The van der Waals surface area contributed by atoms with E-state index in [1.54, 1.807) is 13.8 Å². The summed E-state index contributed by atoms with van der Waals surface area (Å²) in [5.74, 6) is -1.81. The lowest BCUT2D eigenvalue weighted by Gasteiger charge is -2.13. The number of rotatable bonds is 6. The minimum absolute atomic E-state index is 0.133. The smallest absolute Gasteiger partial charge is 0.435 e. The molecule has 0 bridgehead atoms. The first-order valence-corrected chi connectivity index (χ1v) is 9.47. The Morgan fingerprint density at radius 3 is 2.41 bits per heavy atom. The Kier molecular flexibility index (Phi) is 5.74. The van der Waals surface area contributed by atoms with Gasteiger partial charge in [0.15, 0.2) is 27.2 Å². The molecule has 7 nitrogen and oxygen atoms in total. The van der Waals surface area contributed by atoms with Crippen molar-refractivity contribution in [3.05, 3.63) is 11.3 Å². The average Bonchev–Trinajstić information content (AvgIpc) is 3.04. The van der Waals surface area contributed by atoms with Crippen LogP contribution in [-0.2, 0) is 33.1 Å². The third-order valence-corrected chi connectivity index (χ3v) is 5.18. The maximum atomic E-state index is 13.3. The van der Waals surface area contributed by atoms with Gasteiger partial charge in [-0.3, -0.25) is 0 Å². The molecule has 0 aromatic carbocycles. The van der Waals surface area contributed by atoms with Gasteiger partial charge in [0.25, 0.3) is 6.43 Å². The van der Waals surface area contributed by atoms with Crippen molar-refractivity contribution < 1.29 is 39.9 Å². The highest BCUT2D eigenvalue weighted by Crippen LogP contribution is 2.38. The first kappa shape index (κ1) is 21.4.